The molecule has 1 aliphatic heterocycles. The molecular formula is C66H48BBr2IN2O4. The Labute approximate surface area is 470 Å². The van der Waals surface area contributed by atoms with Crippen LogP contribution < -0.4 is 5.46 Å². The van der Waals surface area contributed by atoms with Gasteiger partial charge in [-0.1, -0.05) is 129 Å². The lowest BCUT2D eigenvalue weighted by Gasteiger charge is -2.32. The van der Waals surface area contributed by atoms with Crippen molar-refractivity contribution < 1.29 is 18.1 Å². The van der Waals surface area contributed by atoms with Gasteiger partial charge >= 0.3 is 7.12 Å². The van der Waals surface area contributed by atoms with Crippen LogP contribution >= 0.6 is 54.5 Å². The van der Waals surface area contributed by atoms with Crippen molar-refractivity contribution in [1.29, 1.82) is 0 Å². The zero-order valence-electron chi connectivity index (χ0n) is 42.0. The third-order valence-electron chi connectivity index (χ3n) is 15.1. The topological polar surface area (TPSA) is 54.6 Å². The number of hydrogen-bond acceptors (Lipinski definition) is 4. The van der Waals surface area contributed by atoms with E-state index in [1.807, 2.05) is 30.3 Å². The number of furan rings is 2. The first kappa shape index (κ1) is 48.7. The number of hydrogen-bond donors (Lipinski definition) is 0. The third-order valence-corrected chi connectivity index (χ3v) is 16.7. The number of benzene rings is 10. The minimum absolute atomic E-state index is 0.343. The molecule has 0 amide bonds. The second kappa shape index (κ2) is 19.3. The fourth-order valence-electron chi connectivity index (χ4n) is 10.6. The van der Waals surface area contributed by atoms with Crippen molar-refractivity contribution in [2.75, 3.05) is 0 Å². The van der Waals surface area contributed by atoms with E-state index >= 15 is 0 Å². The zero-order chi connectivity index (χ0) is 51.9. The van der Waals surface area contributed by atoms with Gasteiger partial charge in [-0.25, -0.2) is 0 Å². The van der Waals surface area contributed by atoms with Gasteiger partial charge in [0.05, 0.1) is 33.3 Å². The molecule has 0 unspecified atom stereocenters. The van der Waals surface area contributed by atoms with Crippen LogP contribution in [0.3, 0.4) is 0 Å². The van der Waals surface area contributed by atoms with Gasteiger partial charge in [0.25, 0.3) is 0 Å². The van der Waals surface area contributed by atoms with Gasteiger partial charge in [0.2, 0.25) is 0 Å². The van der Waals surface area contributed by atoms with Crippen LogP contribution in [-0.2, 0) is 9.31 Å². The minimum atomic E-state index is -0.353. The fourth-order valence-corrected chi connectivity index (χ4v) is 11.8. The maximum Gasteiger partial charge on any atom is 0.494 e. The molecular weight excluding hydrogens is 1180 g/mol. The summed E-state index contributed by atoms with van der Waals surface area (Å²) in [6.07, 6.45) is 0. The predicted octanol–water partition coefficient (Wildman–Crippen LogP) is 19.1. The molecule has 10 aromatic carbocycles. The second-order valence-electron chi connectivity index (χ2n) is 20.3. The summed E-state index contributed by atoms with van der Waals surface area (Å²) >= 11 is 9.34. The average molecular weight is 1230 g/mol. The molecule has 1 saturated heterocycles. The van der Waals surface area contributed by atoms with Crippen LogP contribution in [0.4, 0.5) is 0 Å². The summed E-state index contributed by atoms with van der Waals surface area (Å²) in [5, 5.41) is 9.56. The average Bonchev–Trinajstić information content (AvgIpc) is 4.23. The molecule has 370 valence electrons. The first-order chi connectivity index (χ1) is 36.9. The van der Waals surface area contributed by atoms with E-state index in [4.69, 9.17) is 18.1 Å². The smallest absolute Gasteiger partial charge is 0.456 e. The van der Waals surface area contributed by atoms with Crippen molar-refractivity contribution in [2.45, 2.75) is 38.9 Å². The summed E-state index contributed by atoms with van der Waals surface area (Å²) in [7, 11) is -0.353. The molecule has 0 N–H and O–H groups in total. The van der Waals surface area contributed by atoms with Gasteiger partial charge in [-0.2, -0.15) is 0 Å². The second-order valence-corrected chi connectivity index (χ2v) is 23.4. The summed E-state index contributed by atoms with van der Waals surface area (Å²) in [6, 6.07) is 76.5. The number of halogens is 3. The van der Waals surface area contributed by atoms with Crippen molar-refractivity contribution in [1.82, 2.24) is 9.13 Å². The lowest BCUT2D eigenvalue weighted by atomic mass is 9.78. The molecule has 5 heterocycles. The van der Waals surface area contributed by atoms with Gasteiger partial charge in [-0.3, -0.25) is 0 Å². The fraction of sp³-hybridized carbons (Fsp3) is 0.0909. The first-order valence-electron chi connectivity index (χ1n) is 25.3. The van der Waals surface area contributed by atoms with E-state index in [9.17, 15) is 0 Å². The summed E-state index contributed by atoms with van der Waals surface area (Å²) in [6.45, 7) is 8.36. The molecule has 0 spiro atoms. The van der Waals surface area contributed by atoms with E-state index in [-0.39, 0.29) is 18.3 Å². The summed E-state index contributed by atoms with van der Waals surface area (Å²) in [5.41, 5.74) is 13.6. The van der Waals surface area contributed by atoms with Gasteiger partial charge in [0, 0.05) is 67.0 Å². The van der Waals surface area contributed by atoms with Gasteiger partial charge < -0.3 is 27.3 Å². The molecule has 1 aliphatic rings. The molecule has 4 aromatic heterocycles. The third kappa shape index (κ3) is 8.64. The lowest BCUT2D eigenvalue weighted by molar-refractivity contribution is 0.00578. The summed E-state index contributed by atoms with van der Waals surface area (Å²) < 4.78 is 32.5. The molecule has 76 heavy (non-hydrogen) atoms. The molecule has 0 saturated carbocycles. The Balaban J connectivity index is 0.000000116. The number of para-hydroxylation sites is 4. The highest BCUT2D eigenvalue weighted by Gasteiger charge is 2.51. The van der Waals surface area contributed by atoms with Crippen LogP contribution in [0.1, 0.15) is 27.7 Å². The lowest BCUT2D eigenvalue weighted by Crippen LogP contribution is -2.41. The molecule has 0 radical (unpaired) electrons. The van der Waals surface area contributed by atoms with Crippen molar-refractivity contribution in [3.05, 3.63) is 231 Å². The Morgan fingerprint density at radius 3 is 1.38 bits per heavy atom. The maximum absolute atomic E-state index is 6.27. The van der Waals surface area contributed by atoms with Crippen LogP contribution in [0.15, 0.2) is 236 Å². The van der Waals surface area contributed by atoms with Gasteiger partial charge in [0.15, 0.2) is 0 Å². The van der Waals surface area contributed by atoms with E-state index in [0.29, 0.717) is 0 Å². The molecule has 15 rings (SSSR count). The Morgan fingerprint density at radius 2 is 0.816 bits per heavy atom. The Morgan fingerprint density at radius 1 is 0.368 bits per heavy atom. The minimum Gasteiger partial charge on any atom is -0.456 e. The highest BCUT2D eigenvalue weighted by Crippen LogP contribution is 2.40. The molecule has 0 atom stereocenters. The quantitative estimate of drug-likeness (QED) is 0.130. The highest BCUT2D eigenvalue weighted by molar-refractivity contribution is 14.1. The Kier molecular flexibility index (Phi) is 12.3. The van der Waals surface area contributed by atoms with Crippen LogP contribution in [0.2, 0.25) is 0 Å². The van der Waals surface area contributed by atoms with Crippen LogP contribution in [-0.4, -0.2) is 27.5 Å². The van der Waals surface area contributed by atoms with Crippen LogP contribution in [0.25, 0.3) is 110 Å². The highest BCUT2D eigenvalue weighted by atomic mass is 127. The molecule has 0 bridgehead atoms. The Hall–Kier alpha value is -6.93. The zero-order valence-corrected chi connectivity index (χ0v) is 47.4. The Bertz CT molecular complexity index is 4520. The predicted molar refractivity (Wildman–Crippen MR) is 332 cm³/mol. The van der Waals surface area contributed by atoms with Crippen molar-refractivity contribution in [3.8, 4) is 22.5 Å². The summed E-state index contributed by atoms with van der Waals surface area (Å²) in [5.74, 6) is 0. The molecule has 14 aromatic rings. The van der Waals surface area contributed by atoms with E-state index in [1.165, 1.54) is 63.8 Å². The summed E-state index contributed by atoms with van der Waals surface area (Å²) in [4.78, 5) is 0. The molecule has 0 aliphatic carbocycles. The van der Waals surface area contributed by atoms with Gasteiger partial charge in [-0.05, 0) is 188 Å². The molecule has 6 nitrogen and oxygen atoms in total. The van der Waals surface area contributed by atoms with Crippen molar-refractivity contribution in [3.63, 3.8) is 0 Å². The molecule has 10 heteroatoms. The number of nitrogens with zero attached hydrogens (tertiary/aromatic N) is 2. The maximum atomic E-state index is 6.27. The first-order valence-corrected chi connectivity index (χ1v) is 28.0. The number of rotatable bonds is 4. The van der Waals surface area contributed by atoms with Crippen molar-refractivity contribution in [2.24, 2.45) is 0 Å². The van der Waals surface area contributed by atoms with Crippen molar-refractivity contribution >= 4 is 155 Å². The SMILES string of the molecule is Brc1ccc2oc3cc(-c4ccc5c(c4)c4ccccc4n5-c4ccccc4)ccc3c2c1.Brc1ccc2oc3cc(I)ccc3c2c1.CC1(C)OB(c2ccc3c(c2)c2ccccc2n3-c2ccccc2)OC1(C)C. The van der Waals surface area contributed by atoms with Gasteiger partial charge in [0.1, 0.15) is 22.3 Å². The van der Waals surface area contributed by atoms with Crippen LogP contribution in [0, 0.1) is 3.57 Å². The van der Waals surface area contributed by atoms with E-state index in [0.717, 1.165) is 64.1 Å². The normalized spacial score (nSPS) is 14.1. The molecule has 1 fully saturated rings. The van der Waals surface area contributed by atoms with Crippen LogP contribution in [0.5, 0.6) is 0 Å². The largest absolute Gasteiger partial charge is 0.494 e. The van der Waals surface area contributed by atoms with E-state index in [1.54, 1.807) is 0 Å². The van der Waals surface area contributed by atoms with Gasteiger partial charge in [-0.15, -0.1) is 0 Å². The number of fused-ring (bicyclic) bond motifs is 12. The number of aromatic nitrogens is 2. The van der Waals surface area contributed by atoms with E-state index < -0.39 is 0 Å². The van der Waals surface area contributed by atoms with E-state index in [2.05, 4.69) is 279 Å². The monoisotopic (exact) mass is 1230 g/mol. The standard InChI is InChI=1S/C30H18BrNO.C24H24BNO2.C12H6BrIO/c31-21-12-15-29-26(18-21)24-13-10-20(17-30(24)33-29)19-11-14-28-25(16-19)23-8-4-5-9-27(23)32(28)22-6-2-1-3-7-22;1-23(2)24(3,4)28-25(27-23)17-14-15-22-20(16-17)19-12-8-9-13-21(19)26(22)18-10-6-5-7-11-18;13-7-1-4-11-10(5-7)9-3-2-8(14)6-12(9)15-11/h1-18H;5-16H,1-4H3;1-6H.